The third-order valence-corrected chi connectivity index (χ3v) is 3.20. The summed E-state index contributed by atoms with van der Waals surface area (Å²) in [5, 5.41) is 2.92. The van der Waals surface area contributed by atoms with Crippen LogP contribution in [0, 0.1) is 0 Å². The third-order valence-electron chi connectivity index (χ3n) is 3.20. The van der Waals surface area contributed by atoms with Crippen molar-refractivity contribution in [3.63, 3.8) is 0 Å². The first-order chi connectivity index (χ1) is 10.0. The summed E-state index contributed by atoms with van der Waals surface area (Å²) in [5.74, 6) is 0.989. The number of nitrogens with zero attached hydrogens (tertiary/aromatic N) is 5. The number of nitrogens with one attached hydrogen (secondary N) is 1. The van der Waals surface area contributed by atoms with Gasteiger partial charge in [0.2, 0.25) is 23.8 Å². The number of nitrogen functional groups attached to an aromatic ring is 1. The molecule has 1 amide bonds. The summed E-state index contributed by atoms with van der Waals surface area (Å²) in [6, 6.07) is 0. The van der Waals surface area contributed by atoms with Crippen molar-refractivity contribution in [1.29, 1.82) is 0 Å². The molecule has 0 radical (unpaired) electrons. The summed E-state index contributed by atoms with van der Waals surface area (Å²) in [6.07, 6.45) is 0. The zero-order valence-corrected chi connectivity index (χ0v) is 13.3. The van der Waals surface area contributed by atoms with E-state index in [0.717, 1.165) is 13.1 Å². The van der Waals surface area contributed by atoms with Crippen molar-refractivity contribution in [3.8, 4) is 0 Å². The Morgan fingerprint density at radius 1 is 1.05 bits per heavy atom. The number of hydrogen-bond acceptors (Lipinski definition) is 7. The van der Waals surface area contributed by atoms with Gasteiger partial charge in [-0.15, -0.1) is 0 Å². The van der Waals surface area contributed by atoms with E-state index < -0.39 is 0 Å². The zero-order valence-electron chi connectivity index (χ0n) is 13.3. The van der Waals surface area contributed by atoms with Gasteiger partial charge in [-0.05, 0) is 27.7 Å². The molecular weight excluding hydrogens is 270 g/mol. The molecule has 0 aliphatic carbocycles. The van der Waals surface area contributed by atoms with Gasteiger partial charge in [0.25, 0.3) is 0 Å². The number of hydrogen-bond donors (Lipinski definition) is 2. The topological polar surface area (TPSA) is 100 Å². The Bertz CT molecular complexity index is 458. The van der Waals surface area contributed by atoms with Gasteiger partial charge < -0.3 is 20.9 Å². The van der Waals surface area contributed by atoms with Crippen LogP contribution in [0.2, 0.25) is 0 Å². The van der Waals surface area contributed by atoms with Gasteiger partial charge in [0.1, 0.15) is 0 Å². The molecule has 1 heterocycles. The molecule has 0 spiro atoms. The van der Waals surface area contributed by atoms with Crippen LogP contribution in [0.25, 0.3) is 0 Å². The van der Waals surface area contributed by atoms with E-state index in [1.807, 2.05) is 32.6 Å². The van der Waals surface area contributed by atoms with Gasteiger partial charge in [-0.1, -0.05) is 0 Å². The van der Waals surface area contributed by atoms with Gasteiger partial charge in [0.15, 0.2) is 0 Å². The van der Waals surface area contributed by atoms with Gasteiger partial charge in [-0.2, -0.15) is 15.0 Å². The van der Waals surface area contributed by atoms with E-state index in [1.165, 1.54) is 0 Å². The van der Waals surface area contributed by atoms with E-state index in [0.29, 0.717) is 25.0 Å². The molecule has 0 saturated heterocycles. The lowest BCUT2D eigenvalue weighted by molar-refractivity contribution is -0.128. The first kappa shape index (κ1) is 16.9. The average Bonchev–Trinajstić information content (AvgIpc) is 2.47. The number of nitrogens with two attached hydrogens (primary N) is 1. The number of likely N-dealkylation sites (N-methyl/N-ethyl adjacent to an activating group) is 1. The van der Waals surface area contributed by atoms with Crippen LogP contribution >= 0.6 is 0 Å². The normalized spacial score (nSPS) is 10.3. The van der Waals surface area contributed by atoms with Crippen molar-refractivity contribution in [1.82, 2.24) is 19.9 Å². The van der Waals surface area contributed by atoms with Crippen LogP contribution in [-0.2, 0) is 4.79 Å². The first-order valence-electron chi connectivity index (χ1n) is 7.33. The molecule has 1 rings (SSSR count). The van der Waals surface area contributed by atoms with Crippen molar-refractivity contribution in [2.45, 2.75) is 27.7 Å². The van der Waals surface area contributed by atoms with Crippen LogP contribution in [0.1, 0.15) is 27.7 Å². The standard InChI is InChI=1S/C13H25N7O/c1-5-19(6-2)10(21)9-15-12-16-11(14)17-13(18-12)20(7-3)8-4/h5-9H2,1-4H3,(H3,14,15,16,17,18). The summed E-state index contributed by atoms with van der Waals surface area (Å²) in [7, 11) is 0. The van der Waals surface area contributed by atoms with Crippen LogP contribution < -0.4 is 16.0 Å². The fourth-order valence-corrected chi connectivity index (χ4v) is 1.95. The zero-order chi connectivity index (χ0) is 15.8. The molecule has 0 fully saturated rings. The molecule has 0 aliphatic rings. The maximum atomic E-state index is 11.9. The Kier molecular flexibility index (Phi) is 6.64. The molecule has 0 bridgehead atoms. The van der Waals surface area contributed by atoms with E-state index in [4.69, 9.17) is 5.73 Å². The summed E-state index contributed by atoms with van der Waals surface area (Å²) < 4.78 is 0. The van der Waals surface area contributed by atoms with Crippen molar-refractivity contribution in [2.75, 3.05) is 48.7 Å². The Morgan fingerprint density at radius 2 is 1.67 bits per heavy atom. The lowest BCUT2D eigenvalue weighted by Gasteiger charge is -2.20. The Balaban J connectivity index is 2.77. The van der Waals surface area contributed by atoms with Gasteiger partial charge in [-0.25, -0.2) is 0 Å². The van der Waals surface area contributed by atoms with Gasteiger partial charge in [-0.3, -0.25) is 4.79 Å². The highest BCUT2D eigenvalue weighted by atomic mass is 16.2. The number of carbonyl (C=O) groups excluding carboxylic acids is 1. The quantitative estimate of drug-likeness (QED) is 0.723. The molecule has 0 aromatic carbocycles. The van der Waals surface area contributed by atoms with Crippen molar-refractivity contribution in [3.05, 3.63) is 0 Å². The molecule has 0 atom stereocenters. The summed E-state index contributed by atoms with van der Waals surface area (Å²) in [4.78, 5) is 28.1. The highest BCUT2D eigenvalue weighted by molar-refractivity contribution is 5.80. The molecule has 21 heavy (non-hydrogen) atoms. The molecular formula is C13H25N7O. The molecule has 0 aliphatic heterocycles. The maximum Gasteiger partial charge on any atom is 0.241 e. The van der Waals surface area contributed by atoms with Crippen LogP contribution in [0.3, 0.4) is 0 Å². The highest BCUT2D eigenvalue weighted by Gasteiger charge is 2.12. The smallest absolute Gasteiger partial charge is 0.241 e. The number of rotatable bonds is 8. The predicted octanol–water partition coefficient (Wildman–Crippen LogP) is 0.580. The van der Waals surface area contributed by atoms with Crippen LogP contribution in [0.5, 0.6) is 0 Å². The number of amides is 1. The number of anilines is 3. The molecule has 1 aromatic heterocycles. The predicted molar refractivity (Wildman–Crippen MR) is 84.2 cm³/mol. The molecule has 118 valence electrons. The van der Waals surface area contributed by atoms with Gasteiger partial charge in [0, 0.05) is 26.2 Å². The van der Waals surface area contributed by atoms with Crippen LogP contribution in [0.15, 0.2) is 0 Å². The fourth-order valence-electron chi connectivity index (χ4n) is 1.95. The van der Waals surface area contributed by atoms with Crippen LogP contribution in [0.4, 0.5) is 17.8 Å². The third kappa shape index (κ3) is 4.73. The number of aromatic nitrogens is 3. The van der Waals surface area contributed by atoms with E-state index in [1.54, 1.807) is 4.90 Å². The monoisotopic (exact) mass is 295 g/mol. The molecule has 8 heteroatoms. The number of carbonyl (C=O) groups is 1. The van der Waals surface area contributed by atoms with Crippen molar-refractivity contribution >= 4 is 23.8 Å². The first-order valence-corrected chi connectivity index (χ1v) is 7.33. The van der Waals surface area contributed by atoms with Crippen molar-refractivity contribution in [2.24, 2.45) is 0 Å². The van der Waals surface area contributed by atoms with Crippen molar-refractivity contribution < 1.29 is 4.79 Å². The lowest BCUT2D eigenvalue weighted by atomic mass is 10.4. The Morgan fingerprint density at radius 3 is 2.19 bits per heavy atom. The minimum atomic E-state index is 0.00312. The summed E-state index contributed by atoms with van der Waals surface area (Å²) >= 11 is 0. The van der Waals surface area contributed by atoms with Gasteiger partial charge in [0.05, 0.1) is 6.54 Å². The molecule has 3 N–H and O–H groups in total. The largest absolute Gasteiger partial charge is 0.368 e. The highest BCUT2D eigenvalue weighted by Crippen LogP contribution is 2.11. The molecule has 0 unspecified atom stereocenters. The summed E-state index contributed by atoms with van der Waals surface area (Å²) in [6.45, 7) is 11.0. The minimum Gasteiger partial charge on any atom is -0.368 e. The van der Waals surface area contributed by atoms with E-state index in [2.05, 4.69) is 20.3 Å². The lowest BCUT2D eigenvalue weighted by Crippen LogP contribution is -2.35. The SMILES string of the molecule is CCN(CC)C(=O)CNc1nc(N)nc(N(CC)CC)n1. The van der Waals surface area contributed by atoms with Gasteiger partial charge >= 0.3 is 0 Å². The minimum absolute atomic E-state index is 0.00312. The van der Waals surface area contributed by atoms with E-state index >= 15 is 0 Å². The molecule has 0 saturated carbocycles. The molecule has 1 aromatic rings. The summed E-state index contributed by atoms with van der Waals surface area (Å²) in [5.41, 5.74) is 5.70. The second-order valence-corrected chi connectivity index (χ2v) is 4.41. The second-order valence-electron chi connectivity index (χ2n) is 4.41. The second kappa shape index (κ2) is 8.23. The molecule has 8 nitrogen and oxygen atoms in total. The average molecular weight is 295 g/mol. The van der Waals surface area contributed by atoms with E-state index in [-0.39, 0.29) is 18.4 Å². The van der Waals surface area contributed by atoms with Crippen LogP contribution in [-0.4, -0.2) is 58.5 Å². The Labute approximate surface area is 125 Å². The maximum absolute atomic E-state index is 11.9. The van der Waals surface area contributed by atoms with E-state index in [9.17, 15) is 4.79 Å². The Hall–Kier alpha value is -2.12. The fraction of sp³-hybridized carbons (Fsp3) is 0.692.